The second-order valence-electron chi connectivity index (χ2n) is 2.47. The van der Waals surface area contributed by atoms with Gasteiger partial charge >= 0.3 is 0 Å². The van der Waals surface area contributed by atoms with E-state index in [0.29, 0.717) is 0 Å². The molecular formula is C5H12NO2P. The van der Waals surface area contributed by atoms with Gasteiger partial charge in [0, 0.05) is 0 Å². The maximum absolute atomic E-state index is 10.2. The Bertz CT molecular complexity index is 103. The van der Waals surface area contributed by atoms with Crippen molar-refractivity contribution in [2.24, 2.45) is 0 Å². The minimum Gasteiger partial charge on any atom is -0.359 e. The molecule has 3 nitrogen and oxygen atoms in total. The third-order valence-corrected chi connectivity index (χ3v) is 1.64. The van der Waals surface area contributed by atoms with Gasteiger partial charge in [-0.2, -0.15) is 0 Å². The summed E-state index contributed by atoms with van der Waals surface area (Å²) in [6, 6.07) is 0. The van der Waals surface area contributed by atoms with Crippen LogP contribution in [0, 0.1) is 0 Å². The van der Waals surface area contributed by atoms with E-state index in [4.69, 9.17) is 4.89 Å². The zero-order valence-corrected chi connectivity index (χ0v) is 6.77. The maximum Gasteiger partial charge on any atom is 0.139 e. The molecule has 0 radical (unpaired) electrons. The second kappa shape index (κ2) is 3.25. The molecule has 0 aliphatic heterocycles. The van der Waals surface area contributed by atoms with Crippen LogP contribution in [0.1, 0.15) is 13.8 Å². The van der Waals surface area contributed by atoms with Gasteiger partial charge in [-0.15, -0.1) is 0 Å². The zero-order valence-electron chi connectivity index (χ0n) is 5.88. The highest BCUT2D eigenvalue weighted by molar-refractivity contribution is 7.48. The summed E-state index contributed by atoms with van der Waals surface area (Å²) < 4.78 is 0. The van der Waals surface area contributed by atoms with E-state index in [9.17, 15) is 4.79 Å². The van der Waals surface area contributed by atoms with Crippen LogP contribution in [0.2, 0.25) is 0 Å². The van der Waals surface area contributed by atoms with Crippen LogP contribution in [0.5, 0.6) is 0 Å². The largest absolute Gasteiger partial charge is 0.359 e. The summed E-state index contributed by atoms with van der Waals surface area (Å²) in [6.45, 7) is 5.07. The zero-order chi connectivity index (χ0) is 7.49. The molecule has 0 aromatic rings. The third-order valence-electron chi connectivity index (χ3n) is 0.745. The van der Waals surface area contributed by atoms with Gasteiger partial charge < -0.3 is 9.69 Å². The van der Waals surface area contributed by atoms with Crippen molar-refractivity contribution >= 4 is 14.6 Å². The lowest BCUT2D eigenvalue weighted by molar-refractivity contribution is -0.111. The molecule has 0 aliphatic rings. The van der Waals surface area contributed by atoms with Crippen LogP contribution in [0.3, 0.4) is 0 Å². The van der Waals surface area contributed by atoms with Gasteiger partial charge in [-0.05, 0) is 20.5 Å². The van der Waals surface area contributed by atoms with E-state index in [1.807, 2.05) is 0 Å². The molecule has 1 atom stereocenters. The number of nitrogens with one attached hydrogen (secondary N) is 1. The van der Waals surface area contributed by atoms with Crippen LogP contribution in [0.15, 0.2) is 0 Å². The van der Waals surface area contributed by atoms with Gasteiger partial charge in [-0.25, -0.2) is 0 Å². The van der Waals surface area contributed by atoms with Gasteiger partial charge in [0.1, 0.15) is 6.29 Å². The number of rotatable bonds is 3. The molecule has 54 valence electrons. The van der Waals surface area contributed by atoms with Gasteiger partial charge in [0.15, 0.2) is 0 Å². The Labute approximate surface area is 56.3 Å². The van der Waals surface area contributed by atoms with Crippen molar-refractivity contribution in [3.63, 3.8) is 0 Å². The Morgan fingerprint density at radius 1 is 1.67 bits per heavy atom. The molecule has 0 fully saturated rings. The predicted octanol–water partition coefficient (Wildman–Crippen LogP) is 0.487. The summed E-state index contributed by atoms with van der Waals surface area (Å²) in [5.74, 6) is 0. The van der Waals surface area contributed by atoms with Crippen molar-refractivity contribution in [2.45, 2.75) is 19.4 Å². The fourth-order valence-electron chi connectivity index (χ4n) is 0.443. The van der Waals surface area contributed by atoms with E-state index in [2.05, 4.69) is 5.09 Å². The molecule has 1 unspecified atom stereocenters. The van der Waals surface area contributed by atoms with Crippen LogP contribution in [0.25, 0.3) is 0 Å². The molecule has 2 N–H and O–H groups in total. The van der Waals surface area contributed by atoms with E-state index in [1.54, 1.807) is 20.5 Å². The quantitative estimate of drug-likeness (QED) is 0.453. The summed E-state index contributed by atoms with van der Waals surface area (Å²) in [6.07, 6.45) is 0.780. The van der Waals surface area contributed by atoms with Crippen molar-refractivity contribution in [2.75, 3.05) is 6.66 Å². The fourth-order valence-corrected chi connectivity index (χ4v) is 1.33. The Hall–Kier alpha value is 0.0200. The standard InChI is InChI=1S/C5H12NO2P/c1-5(2,4-7)6-9(3)8/h4,6,8H,1-3H3. The smallest absolute Gasteiger partial charge is 0.139 e. The Kier molecular flexibility index (Phi) is 3.26. The highest BCUT2D eigenvalue weighted by Gasteiger charge is 2.16. The minimum absolute atomic E-state index is 0.588. The van der Waals surface area contributed by atoms with Gasteiger partial charge in [0.25, 0.3) is 0 Å². The van der Waals surface area contributed by atoms with Crippen molar-refractivity contribution in [3.8, 4) is 0 Å². The van der Waals surface area contributed by atoms with E-state index in [1.165, 1.54) is 0 Å². The minimum atomic E-state index is -1.18. The molecule has 9 heavy (non-hydrogen) atoms. The van der Waals surface area contributed by atoms with Gasteiger partial charge in [0.05, 0.1) is 13.8 Å². The summed E-state index contributed by atoms with van der Waals surface area (Å²) in [7, 11) is -1.18. The first-order chi connectivity index (χ1) is 3.98. The molecular weight excluding hydrogens is 137 g/mol. The number of hydrogen-bond donors (Lipinski definition) is 2. The molecule has 0 spiro atoms. The predicted molar refractivity (Wildman–Crippen MR) is 38.3 cm³/mol. The fraction of sp³-hybridized carbons (Fsp3) is 0.800. The molecule has 0 heterocycles. The molecule has 0 bridgehead atoms. The molecule has 0 rings (SSSR count). The van der Waals surface area contributed by atoms with Crippen LogP contribution in [0.4, 0.5) is 0 Å². The molecule has 0 saturated heterocycles. The number of carbonyl (C=O) groups excluding carboxylic acids is 1. The van der Waals surface area contributed by atoms with Crippen LogP contribution >= 0.6 is 8.30 Å². The number of hydrogen-bond acceptors (Lipinski definition) is 3. The molecule has 0 saturated carbocycles. The van der Waals surface area contributed by atoms with Crippen molar-refractivity contribution < 1.29 is 9.69 Å². The lowest BCUT2D eigenvalue weighted by Crippen LogP contribution is -2.36. The molecule has 4 heteroatoms. The monoisotopic (exact) mass is 149 g/mol. The highest BCUT2D eigenvalue weighted by atomic mass is 31.2. The lowest BCUT2D eigenvalue weighted by Gasteiger charge is -2.20. The Balaban J connectivity index is 3.71. The Morgan fingerprint density at radius 2 is 2.11 bits per heavy atom. The second-order valence-corrected chi connectivity index (χ2v) is 3.75. The average Bonchev–Trinajstić information content (AvgIpc) is 1.63. The van der Waals surface area contributed by atoms with Crippen molar-refractivity contribution in [3.05, 3.63) is 0 Å². The summed E-state index contributed by atoms with van der Waals surface area (Å²) in [5, 5.41) is 2.72. The van der Waals surface area contributed by atoms with E-state index >= 15 is 0 Å². The molecule has 0 aromatic carbocycles. The number of aldehydes is 1. The third kappa shape index (κ3) is 4.52. The Morgan fingerprint density at radius 3 is 2.22 bits per heavy atom. The highest BCUT2D eigenvalue weighted by Crippen LogP contribution is 2.21. The van der Waals surface area contributed by atoms with Crippen molar-refractivity contribution in [1.82, 2.24) is 5.09 Å². The SMILES string of the molecule is CP(O)NC(C)(C)C=O. The first-order valence-corrected chi connectivity index (χ1v) is 4.39. The summed E-state index contributed by atoms with van der Waals surface area (Å²) in [4.78, 5) is 19.0. The molecule has 0 aromatic heterocycles. The van der Waals surface area contributed by atoms with Gasteiger partial charge in [-0.3, -0.25) is 5.09 Å². The summed E-state index contributed by atoms with van der Waals surface area (Å²) in [5.41, 5.74) is -0.588. The average molecular weight is 149 g/mol. The van der Waals surface area contributed by atoms with E-state index in [-0.39, 0.29) is 0 Å². The lowest BCUT2D eigenvalue weighted by atomic mass is 10.1. The molecule has 0 amide bonds. The van der Waals surface area contributed by atoms with Crippen LogP contribution in [-0.4, -0.2) is 23.4 Å². The van der Waals surface area contributed by atoms with Crippen LogP contribution in [-0.2, 0) is 4.79 Å². The van der Waals surface area contributed by atoms with E-state index in [0.717, 1.165) is 6.29 Å². The topological polar surface area (TPSA) is 49.3 Å². The van der Waals surface area contributed by atoms with Crippen LogP contribution < -0.4 is 5.09 Å². The number of carbonyl (C=O) groups is 1. The normalized spacial score (nSPS) is 15.1. The van der Waals surface area contributed by atoms with Gasteiger partial charge in [0.2, 0.25) is 0 Å². The van der Waals surface area contributed by atoms with E-state index < -0.39 is 13.8 Å². The van der Waals surface area contributed by atoms with Gasteiger partial charge in [-0.1, -0.05) is 0 Å². The first kappa shape index (κ1) is 9.02. The first-order valence-electron chi connectivity index (χ1n) is 2.65. The maximum atomic E-state index is 10.2. The summed E-state index contributed by atoms with van der Waals surface area (Å²) >= 11 is 0. The molecule has 0 aliphatic carbocycles. The van der Waals surface area contributed by atoms with Crippen molar-refractivity contribution in [1.29, 1.82) is 0 Å².